The third-order valence-electron chi connectivity index (χ3n) is 4.08. The fourth-order valence-electron chi connectivity index (χ4n) is 2.91. The van der Waals surface area contributed by atoms with Crippen molar-refractivity contribution in [2.24, 2.45) is 0 Å². The molecule has 1 aromatic rings. The Balaban J connectivity index is 2.09. The van der Waals surface area contributed by atoms with Crippen LogP contribution in [0, 0.1) is 0 Å². The van der Waals surface area contributed by atoms with Gasteiger partial charge in [0, 0.05) is 38.8 Å². The molecule has 1 fully saturated rings. The molecule has 0 amide bonds. The van der Waals surface area contributed by atoms with Gasteiger partial charge in [-0.25, -0.2) is 0 Å². The fraction of sp³-hybridized carbons (Fsp3) is 0.625. The van der Waals surface area contributed by atoms with Crippen molar-refractivity contribution in [3.05, 3.63) is 35.9 Å². The van der Waals surface area contributed by atoms with Crippen LogP contribution in [-0.2, 0) is 0 Å². The van der Waals surface area contributed by atoms with Crippen LogP contribution in [0.25, 0.3) is 0 Å². The summed E-state index contributed by atoms with van der Waals surface area (Å²) in [5.41, 5.74) is 1.45. The summed E-state index contributed by atoms with van der Waals surface area (Å²) >= 11 is 0. The zero-order chi connectivity index (χ0) is 13.5. The van der Waals surface area contributed by atoms with Gasteiger partial charge in [0.15, 0.2) is 0 Å². The third kappa shape index (κ3) is 4.03. The van der Waals surface area contributed by atoms with Gasteiger partial charge in [-0.05, 0) is 18.7 Å². The molecule has 2 rings (SSSR count). The van der Waals surface area contributed by atoms with Crippen LogP contribution < -0.4 is 5.32 Å². The Morgan fingerprint density at radius 3 is 2.32 bits per heavy atom. The molecule has 0 saturated carbocycles. The molecule has 1 N–H and O–H groups in total. The van der Waals surface area contributed by atoms with Gasteiger partial charge >= 0.3 is 0 Å². The summed E-state index contributed by atoms with van der Waals surface area (Å²) in [6.07, 6.45) is 0. The normalized spacial score (nSPS) is 18.7. The number of rotatable bonds is 6. The summed E-state index contributed by atoms with van der Waals surface area (Å²) in [5, 5.41) is 3.43. The molecule has 106 valence electrons. The summed E-state index contributed by atoms with van der Waals surface area (Å²) in [6.45, 7) is 12.5. The first-order valence-electron chi connectivity index (χ1n) is 7.57. The second kappa shape index (κ2) is 7.63. The van der Waals surface area contributed by atoms with Crippen molar-refractivity contribution >= 4 is 0 Å². The Hall–Kier alpha value is -0.900. The smallest absolute Gasteiger partial charge is 0.0474 e. The van der Waals surface area contributed by atoms with Crippen molar-refractivity contribution in [1.82, 2.24) is 15.1 Å². The average molecular weight is 261 g/mol. The molecule has 3 heteroatoms. The molecule has 1 saturated heterocycles. The lowest BCUT2D eigenvalue weighted by Crippen LogP contribution is -2.47. The predicted octanol–water partition coefficient (Wildman–Crippen LogP) is 1.97. The van der Waals surface area contributed by atoms with Crippen LogP contribution in [0.2, 0.25) is 0 Å². The molecule has 0 aromatic heterocycles. The zero-order valence-electron chi connectivity index (χ0n) is 12.3. The van der Waals surface area contributed by atoms with Crippen molar-refractivity contribution < 1.29 is 0 Å². The molecular weight excluding hydrogens is 234 g/mol. The molecule has 19 heavy (non-hydrogen) atoms. The number of nitrogens with zero attached hydrogens (tertiary/aromatic N) is 2. The molecule has 0 aliphatic carbocycles. The van der Waals surface area contributed by atoms with Gasteiger partial charge in [0.25, 0.3) is 0 Å². The summed E-state index contributed by atoms with van der Waals surface area (Å²) in [6, 6.07) is 11.5. The van der Waals surface area contributed by atoms with E-state index in [-0.39, 0.29) is 0 Å². The molecule has 0 spiro atoms. The van der Waals surface area contributed by atoms with Gasteiger partial charge in [0.2, 0.25) is 0 Å². The molecular formula is C16H27N3. The second-order valence-corrected chi connectivity index (χ2v) is 5.20. The highest BCUT2D eigenvalue weighted by molar-refractivity contribution is 5.19. The number of benzene rings is 1. The minimum Gasteiger partial charge on any atom is -0.314 e. The van der Waals surface area contributed by atoms with E-state index >= 15 is 0 Å². The standard InChI is InChI=1S/C16H27N3/c1-3-19(4-2)16(15-8-6-5-7-9-15)14-18-12-10-17-11-13-18/h5-9,16-17H,3-4,10-14H2,1-2H3. The van der Waals surface area contributed by atoms with E-state index in [4.69, 9.17) is 0 Å². The van der Waals surface area contributed by atoms with Crippen LogP contribution >= 0.6 is 0 Å². The number of hydrogen-bond donors (Lipinski definition) is 1. The molecule has 1 unspecified atom stereocenters. The molecule has 3 nitrogen and oxygen atoms in total. The highest BCUT2D eigenvalue weighted by atomic mass is 15.2. The molecule has 1 aromatic carbocycles. The van der Waals surface area contributed by atoms with E-state index in [0.29, 0.717) is 6.04 Å². The van der Waals surface area contributed by atoms with E-state index in [1.54, 1.807) is 0 Å². The van der Waals surface area contributed by atoms with Crippen LogP contribution in [-0.4, -0.2) is 55.6 Å². The maximum atomic E-state index is 3.43. The Labute approximate surface area is 117 Å². The first kappa shape index (κ1) is 14.5. The number of nitrogens with one attached hydrogen (secondary N) is 1. The Kier molecular flexibility index (Phi) is 5.83. The fourth-order valence-corrected chi connectivity index (χ4v) is 2.91. The Morgan fingerprint density at radius 2 is 1.74 bits per heavy atom. The van der Waals surface area contributed by atoms with Crippen LogP contribution in [0.1, 0.15) is 25.5 Å². The van der Waals surface area contributed by atoms with Crippen LogP contribution in [0.15, 0.2) is 30.3 Å². The molecule has 1 aliphatic rings. The molecule has 0 bridgehead atoms. The van der Waals surface area contributed by atoms with Gasteiger partial charge in [-0.15, -0.1) is 0 Å². The Bertz CT molecular complexity index is 342. The molecule has 1 atom stereocenters. The molecule has 1 heterocycles. The van der Waals surface area contributed by atoms with E-state index < -0.39 is 0 Å². The van der Waals surface area contributed by atoms with E-state index in [2.05, 4.69) is 59.3 Å². The number of likely N-dealkylation sites (N-methyl/N-ethyl adjacent to an activating group) is 1. The summed E-state index contributed by atoms with van der Waals surface area (Å²) in [7, 11) is 0. The predicted molar refractivity (Wildman–Crippen MR) is 81.4 cm³/mol. The van der Waals surface area contributed by atoms with Crippen molar-refractivity contribution in [3.8, 4) is 0 Å². The van der Waals surface area contributed by atoms with Crippen molar-refractivity contribution in [2.75, 3.05) is 45.8 Å². The van der Waals surface area contributed by atoms with Crippen molar-refractivity contribution in [3.63, 3.8) is 0 Å². The van der Waals surface area contributed by atoms with E-state index in [0.717, 1.165) is 32.7 Å². The summed E-state index contributed by atoms with van der Waals surface area (Å²) in [5.74, 6) is 0. The van der Waals surface area contributed by atoms with Crippen molar-refractivity contribution in [1.29, 1.82) is 0 Å². The van der Waals surface area contributed by atoms with Gasteiger partial charge in [0.05, 0.1) is 0 Å². The van der Waals surface area contributed by atoms with E-state index in [1.807, 2.05) is 0 Å². The van der Waals surface area contributed by atoms with Gasteiger partial charge in [-0.1, -0.05) is 44.2 Å². The monoisotopic (exact) mass is 261 g/mol. The van der Waals surface area contributed by atoms with Crippen LogP contribution in [0.5, 0.6) is 0 Å². The minimum absolute atomic E-state index is 0.522. The van der Waals surface area contributed by atoms with Gasteiger partial charge in [-0.3, -0.25) is 9.80 Å². The second-order valence-electron chi connectivity index (χ2n) is 5.20. The van der Waals surface area contributed by atoms with Gasteiger partial charge in [-0.2, -0.15) is 0 Å². The number of piperazine rings is 1. The molecule has 1 aliphatic heterocycles. The summed E-state index contributed by atoms with van der Waals surface area (Å²) < 4.78 is 0. The third-order valence-corrected chi connectivity index (χ3v) is 4.08. The highest BCUT2D eigenvalue weighted by Gasteiger charge is 2.21. The maximum Gasteiger partial charge on any atom is 0.0474 e. The van der Waals surface area contributed by atoms with E-state index in [1.165, 1.54) is 18.7 Å². The van der Waals surface area contributed by atoms with Gasteiger partial charge in [0.1, 0.15) is 0 Å². The van der Waals surface area contributed by atoms with Crippen LogP contribution in [0.3, 0.4) is 0 Å². The summed E-state index contributed by atoms with van der Waals surface area (Å²) in [4.78, 5) is 5.16. The largest absolute Gasteiger partial charge is 0.314 e. The first-order chi connectivity index (χ1) is 9.35. The number of hydrogen-bond acceptors (Lipinski definition) is 3. The molecule has 0 radical (unpaired) electrons. The lowest BCUT2D eigenvalue weighted by Gasteiger charge is -2.36. The minimum atomic E-state index is 0.522. The SMILES string of the molecule is CCN(CC)C(CN1CCNCC1)c1ccccc1. The van der Waals surface area contributed by atoms with E-state index in [9.17, 15) is 0 Å². The van der Waals surface area contributed by atoms with Crippen LogP contribution in [0.4, 0.5) is 0 Å². The topological polar surface area (TPSA) is 18.5 Å². The highest BCUT2D eigenvalue weighted by Crippen LogP contribution is 2.21. The maximum absolute atomic E-state index is 3.43. The quantitative estimate of drug-likeness (QED) is 0.845. The van der Waals surface area contributed by atoms with Gasteiger partial charge < -0.3 is 5.32 Å². The Morgan fingerprint density at radius 1 is 1.11 bits per heavy atom. The van der Waals surface area contributed by atoms with Crippen molar-refractivity contribution in [2.45, 2.75) is 19.9 Å². The zero-order valence-corrected chi connectivity index (χ0v) is 12.3. The first-order valence-corrected chi connectivity index (χ1v) is 7.57. The lowest BCUT2D eigenvalue weighted by atomic mass is 10.0. The average Bonchev–Trinajstić information content (AvgIpc) is 2.49. The lowest BCUT2D eigenvalue weighted by molar-refractivity contribution is 0.138.